The lowest BCUT2D eigenvalue weighted by Crippen LogP contribution is -2.23. The van der Waals surface area contributed by atoms with Crippen LogP contribution in [0.15, 0.2) is 10.4 Å². The Morgan fingerprint density at radius 1 is 1.71 bits per heavy atom. The molecule has 0 spiro atoms. The molecule has 0 saturated heterocycles. The number of nitrogens with one attached hydrogen (secondary N) is 1. The molecule has 1 aromatic heterocycles. The van der Waals surface area contributed by atoms with E-state index in [1.807, 2.05) is 12.3 Å². The third kappa shape index (κ3) is 3.75. The van der Waals surface area contributed by atoms with Gasteiger partial charge in [-0.2, -0.15) is 4.99 Å². The number of nitrogens with two attached hydrogens (primary N) is 2. The minimum atomic E-state index is -0.0861. The average molecular weight is 229 g/mol. The third-order valence-corrected chi connectivity index (χ3v) is 2.88. The second-order valence-electron chi connectivity index (χ2n) is 2.49. The summed E-state index contributed by atoms with van der Waals surface area (Å²) in [5.74, 6) is 0.539. The number of thioether (sulfide) groups is 1. The Morgan fingerprint density at radius 3 is 2.93 bits per heavy atom. The van der Waals surface area contributed by atoms with Crippen molar-refractivity contribution in [2.45, 2.75) is 12.7 Å². The summed E-state index contributed by atoms with van der Waals surface area (Å²) in [4.78, 5) is 7.85. The molecule has 0 atom stereocenters. The molecule has 0 saturated carbocycles. The highest BCUT2D eigenvalue weighted by molar-refractivity contribution is 8.13. The number of amidine groups is 1. The first kappa shape index (κ1) is 11.0. The van der Waals surface area contributed by atoms with E-state index in [0.717, 1.165) is 10.7 Å². The maximum Gasteiger partial charge on any atom is 0.193 e. The molecule has 1 aromatic rings. The minimum Gasteiger partial charge on any atom is -0.370 e. The second-order valence-corrected chi connectivity index (χ2v) is 4.51. The van der Waals surface area contributed by atoms with Crippen molar-refractivity contribution in [2.75, 3.05) is 0 Å². The number of nitrogens with zero attached hydrogens (tertiary/aromatic N) is 2. The van der Waals surface area contributed by atoms with Crippen molar-refractivity contribution in [3.8, 4) is 0 Å². The zero-order chi connectivity index (χ0) is 10.6. The fourth-order valence-corrected chi connectivity index (χ4v) is 2.09. The number of rotatable bonds is 2. The van der Waals surface area contributed by atoms with Gasteiger partial charge in [0.05, 0.1) is 10.7 Å². The number of hydrogen-bond acceptors (Lipinski definition) is 4. The van der Waals surface area contributed by atoms with Crippen LogP contribution in [0.5, 0.6) is 0 Å². The predicted molar refractivity (Wildman–Crippen MR) is 61.7 cm³/mol. The van der Waals surface area contributed by atoms with Crippen molar-refractivity contribution < 1.29 is 0 Å². The molecular formula is C7H11N5S2. The van der Waals surface area contributed by atoms with Gasteiger partial charge in [0, 0.05) is 11.1 Å². The highest BCUT2D eigenvalue weighted by Gasteiger charge is 2.01. The highest BCUT2D eigenvalue weighted by atomic mass is 32.2. The Hall–Kier alpha value is -1.08. The Balaban J connectivity index is 2.41. The van der Waals surface area contributed by atoms with Gasteiger partial charge in [-0.1, -0.05) is 11.8 Å². The molecule has 0 aliphatic rings. The SMILES string of the molecule is Cc1nc(CSC(=N)N=C(N)N)cs1. The molecule has 0 bridgehead atoms. The zero-order valence-electron chi connectivity index (χ0n) is 7.65. The molecule has 0 aliphatic carbocycles. The van der Waals surface area contributed by atoms with E-state index < -0.39 is 0 Å². The number of guanidine groups is 1. The van der Waals surface area contributed by atoms with Crippen molar-refractivity contribution in [3.05, 3.63) is 16.1 Å². The molecule has 5 nitrogen and oxygen atoms in total. The fourth-order valence-electron chi connectivity index (χ4n) is 0.766. The van der Waals surface area contributed by atoms with Crippen LogP contribution in [0.2, 0.25) is 0 Å². The second kappa shape index (κ2) is 4.97. The smallest absolute Gasteiger partial charge is 0.193 e. The summed E-state index contributed by atoms with van der Waals surface area (Å²) >= 11 is 2.84. The van der Waals surface area contributed by atoms with E-state index in [1.54, 1.807) is 11.3 Å². The van der Waals surface area contributed by atoms with Crippen LogP contribution in [-0.2, 0) is 5.75 Å². The largest absolute Gasteiger partial charge is 0.370 e. The summed E-state index contributed by atoms with van der Waals surface area (Å²) in [5, 5.41) is 10.5. The van der Waals surface area contributed by atoms with Crippen molar-refractivity contribution in [3.63, 3.8) is 0 Å². The van der Waals surface area contributed by atoms with Gasteiger partial charge in [0.25, 0.3) is 0 Å². The first-order valence-corrected chi connectivity index (χ1v) is 5.66. The number of aliphatic imine (C=N–C) groups is 1. The lowest BCUT2D eigenvalue weighted by atomic mass is 10.6. The molecule has 0 radical (unpaired) electrons. The summed E-state index contributed by atoms with van der Waals surface area (Å²) < 4.78 is 0. The van der Waals surface area contributed by atoms with Crippen LogP contribution >= 0.6 is 23.1 Å². The van der Waals surface area contributed by atoms with Crippen molar-refractivity contribution >= 4 is 34.2 Å². The van der Waals surface area contributed by atoms with E-state index in [-0.39, 0.29) is 11.1 Å². The van der Waals surface area contributed by atoms with Crippen molar-refractivity contribution in [1.29, 1.82) is 5.41 Å². The van der Waals surface area contributed by atoms with Gasteiger partial charge in [0.1, 0.15) is 0 Å². The highest BCUT2D eigenvalue weighted by Crippen LogP contribution is 2.15. The lowest BCUT2D eigenvalue weighted by Gasteiger charge is -1.95. The number of hydrogen-bond donors (Lipinski definition) is 3. The molecular weight excluding hydrogens is 218 g/mol. The first-order chi connectivity index (χ1) is 6.58. The first-order valence-electron chi connectivity index (χ1n) is 3.80. The topological polar surface area (TPSA) is 101 Å². The monoisotopic (exact) mass is 229 g/mol. The number of aryl methyl sites for hydroxylation is 1. The van der Waals surface area contributed by atoms with Gasteiger partial charge in [0.15, 0.2) is 11.1 Å². The Bertz CT molecular complexity index is 353. The van der Waals surface area contributed by atoms with Gasteiger partial charge < -0.3 is 11.5 Å². The van der Waals surface area contributed by atoms with E-state index >= 15 is 0 Å². The summed E-state index contributed by atoms with van der Waals surface area (Å²) in [6.45, 7) is 1.94. The van der Waals surface area contributed by atoms with Gasteiger partial charge in [-0.3, -0.25) is 5.41 Å². The van der Waals surface area contributed by atoms with Gasteiger partial charge in [-0.15, -0.1) is 11.3 Å². The number of aromatic nitrogens is 1. The molecule has 14 heavy (non-hydrogen) atoms. The molecule has 1 rings (SSSR count). The zero-order valence-corrected chi connectivity index (χ0v) is 9.28. The van der Waals surface area contributed by atoms with Gasteiger partial charge in [0.2, 0.25) is 0 Å². The normalized spacial score (nSPS) is 9.79. The Morgan fingerprint density at radius 2 is 2.43 bits per heavy atom. The molecule has 0 amide bonds. The molecule has 0 aromatic carbocycles. The molecule has 0 fully saturated rings. The third-order valence-electron chi connectivity index (χ3n) is 1.25. The minimum absolute atomic E-state index is 0.0861. The standard InChI is InChI=1S/C7H11N5S2/c1-4-11-5(2-13-4)3-14-7(10)12-6(8)9/h2H,3H2,1H3,(H5,8,9,10,12). The molecule has 76 valence electrons. The summed E-state index contributed by atoms with van der Waals surface area (Å²) in [6, 6.07) is 0. The summed E-state index contributed by atoms with van der Waals surface area (Å²) in [6.07, 6.45) is 0. The Kier molecular flexibility index (Phi) is 3.90. The Labute approximate surface area is 90.1 Å². The van der Waals surface area contributed by atoms with Crippen LogP contribution in [0.1, 0.15) is 10.7 Å². The number of thiazole rings is 1. The fraction of sp³-hybridized carbons (Fsp3) is 0.286. The predicted octanol–water partition coefficient (Wildman–Crippen LogP) is 0.893. The molecule has 0 unspecified atom stereocenters. The lowest BCUT2D eigenvalue weighted by molar-refractivity contribution is 1.18. The van der Waals surface area contributed by atoms with Crippen molar-refractivity contribution in [1.82, 2.24) is 4.98 Å². The van der Waals surface area contributed by atoms with Gasteiger partial charge >= 0.3 is 0 Å². The van der Waals surface area contributed by atoms with E-state index in [2.05, 4.69) is 9.98 Å². The maximum atomic E-state index is 7.37. The summed E-state index contributed by atoms with van der Waals surface area (Å²) in [7, 11) is 0. The van der Waals surface area contributed by atoms with E-state index in [9.17, 15) is 0 Å². The van der Waals surface area contributed by atoms with E-state index in [1.165, 1.54) is 11.8 Å². The van der Waals surface area contributed by atoms with E-state index in [0.29, 0.717) is 5.75 Å². The van der Waals surface area contributed by atoms with Crippen LogP contribution in [-0.4, -0.2) is 16.1 Å². The van der Waals surface area contributed by atoms with Gasteiger partial charge in [-0.25, -0.2) is 4.98 Å². The maximum absolute atomic E-state index is 7.37. The van der Waals surface area contributed by atoms with Crippen LogP contribution in [0.3, 0.4) is 0 Å². The molecule has 7 heteroatoms. The van der Waals surface area contributed by atoms with Crippen LogP contribution in [0.25, 0.3) is 0 Å². The quantitative estimate of drug-likeness (QED) is 0.518. The van der Waals surface area contributed by atoms with Crippen molar-refractivity contribution in [2.24, 2.45) is 16.5 Å². The van der Waals surface area contributed by atoms with Gasteiger partial charge in [-0.05, 0) is 6.92 Å². The average Bonchev–Trinajstić information content (AvgIpc) is 2.47. The molecule has 0 aliphatic heterocycles. The molecule has 1 heterocycles. The van der Waals surface area contributed by atoms with Crippen LogP contribution in [0, 0.1) is 12.3 Å². The van der Waals surface area contributed by atoms with Crippen LogP contribution in [0.4, 0.5) is 0 Å². The van der Waals surface area contributed by atoms with Crippen LogP contribution < -0.4 is 11.5 Å². The summed E-state index contributed by atoms with van der Waals surface area (Å²) in [5.41, 5.74) is 11.2. The van der Waals surface area contributed by atoms with E-state index in [4.69, 9.17) is 16.9 Å². The molecule has 5 N–H and O–H groups in total.